The predicted molar refractivity (Wildman–Crippen MR) is 48.5 cm³/mol. The number of rotatable bonds is 0. The molecular weight excluding hydrogens is 168 g/mol. The summed E-state index contributed by atoms with van der Waals surface area (Å²) in [6, 6.07) is 0. The van der Waals surface area contributed by atoms with E-state index in [1.807, 2.05) is 6.92 Å². The van der Waals surface area contributed by atoms with Gasteiger partial charge in [0, 0.05) is 13.0 Å². The van der Waals surface area contributed by atoms with Crippen LogP contribution in [0.15, 0.2) is 6.20 Å². The summed E-state index contributed by atoms with van der Waals surface area (Å²) in [5.74, 6) is 0.674. The molecule has 13 heavy (non-hydrogen) atoms. The highest BCUT2D eigenvalue weighted by atomic mass is 16.1. The number of hydrogen-bond acceptors (Lipinski definition) is 4. The predicted octanol–water partition coefficient (Wildman–Crippen LogP) is 0.539. The molecule has 0 fully saturated rings. The van der Waals surface area contributed by atoms with Gasteiger partial charge in [-0.25, -0.2) is 0 Å². The maximum atomic E-state index is 11.2. The lowest BCUT2D eigenvalue weighted by Crippen LogP contribution is -2.11. The van der Waals surface area contributed by atoms with Gasteiger partial charge in [0.1, 0.15) is 0 Å². The lowest BCUT2D eigenvalue weighted by atomic mass is 10.3. The zero-order valence-corrected chi connectivity index (χ0v) is 7.29. The number of aromatic nitrogens is 2. The van der Waals surface area contributed by atoms with Crippen LogP contribution < -0.4 is 10.6 Å². The topological polar surface area (TPSA) is 66.9 Å². The summed E-state index contributed by atoms with van der Waals surface area (Å²) in [7, 11) is 0. The van der Waals surface area contributed by atoms with Gasteiger partial charge < -0.3 is 10.6 Å². The van der Waals surface area contributed by atoms with Crippen molar-refractivity contribution in [3.8, 4) is 0 Å². The van der Waals surface area contributed by atoms with Crippen molar-refractivity contribution in [2.75, 3.05) is 17.2 Å². The molecule has 0 aliphatic carbocycles. The van der Waals surface area contributed by atoms with E-state index in [2.05, 4.69) is 20.8 Å². The molecule has 0 saturated heterocycles. The molecular formula is C8H10N4O. The molecule has 2 N–H and O–H groups in total. The van der Waals surface area contributed by atoms with E-state index in [1.165, 1.54) is 0 Å². The smallest absolute Gasteiger partial charge is 0.226 e. The Kier molecular flexibility index (Phi) is 1.84. The fourth-order valence-electron chi connectivity index (χ4n) is 1.25. The highest BCUT2D eigenvalue weighted by Gasteiger charge is 2.14. The number of hydrogen-bond donors (Lipinski definition) is 2. The van der Waals surface area contributed by atoms with Gasteiger partial charge in [0.2, 0.25) is 5.91 Å². The number of amides is 1. The average molecular weight is 178 g/mol. The third-order valence-electron chi connectivity index (χ3n) is 1.95. The van der Waals surface area contributed by atoms with E-state index < -0.39 is 0 Å². The lowest BCUT2D eigenvalue weighted by molar-refractivity contribution is -0.115. The van der Waals surface area contributed by atoms with Crippen molar-refractivity contribution >= 4 is 17.4 Å². The number of fused-ring (bicyclic) bond motifs is 1. The molecule has 2 heterocycles. The second-order valence-corrected chi connectivity index (χ2v) is 2.98. The monoisotopic (exact) mass is 178 g/mol. The van der Waals surface area contributed by atoms with Gasteiger partial charge in [-0.2, -0.15) is 5.10 Å². The third kappa shape index (κ3) is 1.44. The van der Waals surface area contributed by atoms with Crippen LogP contribution in [0.5, 0.6) is 0 Å². The van der Waals surface area contributed by atoms with E-state index in [9.17, 15) is 4.79 Å². The van der Waals surface area contributed by atoms with Crippen molar-refractivity contribution in [2.45, 2.75) is 13.3 Å². The SMILES string of the molecule is Cc1cnnc2c1NC(=O)CCN2. The molecule has 0 saturated carbocycles. The van der Waals surface area contributed by atoms with Gasteiger partial charge in [-0.05, 0) is 12.5 Å². The quantitative estimate of drug-likeness (QED) is 0.608. The summed E-state index contributed by atoms with van der Waals surface area (Å²) in [5.41, 5.74) is 1.67. The van der Waals surface area contributed by atoms with Gasteiger partial charge >= 0.3 is 0 Å². The van der Waals surface area contributed by atoms with Crippen LogP contribution in [0.25, 0.3) is 0 Å². The van der Waals surface area contributed by atoms with Crippen molar-refractivity contribution in [2.24, 2.45) is 0 Å². The van der Waals surface area contributed by atoms with Gasteiger partial charge in [-0.1, -0.05) is 0 Å². The van der Waals surface area contributed by atoms with Gasteiger partial charge in [0.15, 0.2) is 5.82 Å². The van der Waals surface area contributed by atoms with Gasteiger partial charge in [-0.15, -0.1) is 5.10 Å². The van der Waals surface area contributed by atoms with Gasteiger partial charge in [0.25, 0.3) is 0 Å². The molecule has 68 valence electrons. The van der Waals surface area contributed by atoms with Crippen molar-refractivity contribution in [3.63, 3.8) is 0 Å². The molecule has 0 radical (unpaired) electrons. The third-order valence-corrected chi connectivity index (χ3v) is 1.95. The Morgan fingerprint density at radius 3 is 3.23 bits per heavy atom. The minimum atomic E-state index is 0.0161. The molecule has 1 aromatic heterocycles. The van der Waals surface area contributed by atoms with Crippen LogP contribution in [0.3, 0.4) is 0 Å². The largest absolute Gasteiger partial charge is 0.366 e. The van der Waals surface area contributed by atoms with Crippen LogP contribution >= 0.6 is 0 Å². The first-order valence-corrected chi connectivity index (χ1v) is 4.13. The normalized spacial score (nSPS) is 15.3. The second-order valence-electron chi connectivity index (χ2n) is 2.98. The Bertz CT molecular complexity index is 350. The number of nitrogens with zero attached hydrogens (tertiary/aromatic N) is 2. The van der Waals surface area contributed by atoms with Crippen LogP contribution in [0, 0.1) is 6.92 Å². The summed E-state index contributed by atoms with van der Waals surface area (Å²) in [6.45, 7) is 2.50. The van der Waals surface area contributed by atoms with E-state index in [4.69, 9.17) is 0 Å². The van der Waals surface area contributed by atoms with E-state index in [0.29, 0.717) is 18.8 Å². The highest BCUT2D eigenvalue weighted by molar-refractivity contribution is 5.95. The van der Waals surface area contributed by atoms with E-state index in [-0.39, 0.29) is 5.91 Å². The Labute approximate surface area is 75.6 Å². The first-order chi connectivity index (χ1) is 6.27. The van der Waals surface area contributed by atoms with Crippen molar-refractivity contribution < 1.29 is 4.79 Å². The minimum absolute atomic E-state index is 0.0161. The summed E-state index contributed by atoms with van der Waals surface area (Å²) < 4.78 is 0. The van der Waals surface area contributed by atoms with Crippen molar-refractivity contribution in [1.29, 1.82) is 0 Å². The maximum Gasteiger partial charge on any atom is 0.226 e. The molecule has 0 spiro atoms. The Morgan fingerprint density at radius 1 is 1.54 bits per heavy atom. The molecule has 0 bridgehead atoms. The van der Waals surface area contributed by atoms with Crippen LogP contribution in [0.2, 0.25) is 0 Å². The summed E-state index contributed by atoms with van der Waals surface area (Å²) in [4.78, 5) is 11.2. The van der Waals surface area contributed by atoms with Crippen LogP contribution in [-0.4, -0.2) is 22.6 Å². The first kappa shape index (κ1) is 7.97. The Morgan fingerprint density at radius 2 is 2.38 bits per heavy atom. The Balaban J connectivity index is 2.46. The number of carbonyl (C=O) groups excluding carboxylic acids is 1. The standard InChI is InChI=1S/C8H10N4O/c1-5-4-10-12-8-7(5)11-6(13)2-3-9-8/h4H,2-3H2,1H3,(H,9,12)(H,11,13). The van der Waals surface area contributed by atoms with Crippen molar-refractivity contribution in [1.82, 2.24) is 10.2 Å². The number of aryl methyl sites for hydroxylation is 1. The van der Waals surface area contributed by atoms with Crippen LogP contribution in [0.4, 0.5) is 11.5 Å². The summed E-state index contributed by atoms with van der Waals surface area (Å²) in [5, 5.41) is 13.5. The van der Waals surface area contributed by atoms with E-state index >= 15 is 0 Å². The lowest BCUT2D eigenvalue weighted by Gasteiger charge is -2.07. The molecule has 1 aliphatic heterocycles. The molecule has 5 heteroatoms. The zero-order chi connectivity index (χ0) is 9.26. The van der Waals surface area contributed by atoms with Crippen LogP contribution in [0.1, 0.15) is 12.0 Å². The van der Waals surface area contributed by atoms with Gasteiger partial charge in [0.05, 0.1) is 11.9 Å². The number of anilines is 2. The molecule has 0 atom stereocenters. The van der Waals surface area contributed by atoms with Crippen LogP contribution in [-0.2, 0) is 4.79 Å². The summed E-state index contributed by atoms with van der Waals surface area (Å²) >= 11 is 0. The molecule has 1 aromatic rings. The maximum absolute atomic E-state index is 11.2. The second kappa shape index (κ2) is 3.01. The highest BCUT2D eigenvalue weighted by Crippen LogP contribution is 2.23. The number of carbonyl (C=O) groups is 1. The molecule has 1 aliphatic rings. The Hall–Kier alpha value is -1.65. The molecule has 1 amide bonds. The van der Waals surface area contributed by atoms with Crippen molar-refractivity contribution in [3.05, 3.63) is 11.8 Å². The fourth-order valence-corrected chi connectivity index (χ4v) is 1.25. The van der Waals surface area contributed by atoms with E-state index in [1.54, 1.807) is 6.20 Å². The first-order valence-electron chi connectivity index (χ1n) is 4.13. The van der Waals surface area contributed by atoms with Gasteiger partial charge in [-0.3, -0.25) is 4.79 Å². The summed E-state index contributed by atoms with van der Waals surface area (Å²) in [6.07, 6.45) is 2.10. The molecule has 2 rings (SSSR count). The zero-order valence-electron chi connectivity index (χ0n) is 7.29. The van der Waals surface area contributed by atoms with E-state index in [0.717, 1.165) is 11.3 Å². The fraction of sp³-hybridized carbons (Fsp3) is 0.375. The number of nitrogens with one attached hydrogen (secondary N) is 2. The molecule has 0 unspecified atom stereocenters. The average Bonchev–Trinajstić information content (AvgIpc) is 2.28. The molecule has 0 aromatic carbocycles. The molecule has 5 nitrogen and oxygen atoms in total. The minimum Gasteiger partial charge on any atom is -0.366 e.